The van der Waals surface area contributed by atoms with E-state index in [1.54, 1.807) is 12.5 Å². The molecule has 0 spiro atoms. The van der Waals surface area contributed by atoms with E-state index in [4.69, 9.17) is 10.4 Å². The van der Waals surface area contributed by atoms with Crippen LogP contribution in [0.4, 0.5) is 10.9 Å². The quantitative estimate of drug-likeness (QED) is 0.339. The van der Waals surface area contributed by atoms with Gasteiger partial charge in [0.2, 0.25) is 5.91 Å². The van der Waals surface area contributed by atoms with Crippen LogP contribution in [0, 0.1) is 11.3 Å². The topological polar surface area (TPSA) is 127 Å². The van der Waals surface area contributed by atoms with Gasteiger partial charge in [-0.3, -0.25) is 9.69 Å². The van der Waals surface area contributed by atoms with E-state index < -0.39 is 0 Å². The van der Waals surface area contributed by atoms with Gasteiger partial charge in [-0.25, -0.2) is 15.0 Å². The second-order valence-corrected chi connectivity index (χ2v) is 9.19. The number of carbonyl (C=O) groups excluding carboxylic acids is 1. The highest BCUT2D eigenvalue weighted by Gasteiger charge is 2.11. The van der Waals surface area contributed by atoms with E-state index in [2.05, 4.69) is 57.3 Å². The minimum Gasteiger partial charge on any atom is -0.400 e. The van der Waals surface area contributed by atoms with E-state index in [0.717, 1.165) is 38.6 Å². The Morgan fingerprint density at radius 1 is 1.17 bits per heavy atom. The van der Waals surface area contributed by atoms with Crippen molar-refractivity contribution in [1.82, 2.24) is 25.2 Å². The first kappa shape index (κ1) is 35.6. The number of aliphatic hydroxyl groups is 1. The largest absolute Gasteiger partial charge is 0.400 e. The van der Waals surface area contributed by atoms with Gasteiger partial charge in [0.1, 0.15) is 23.1 Å². The molecule has 0 saturated carbocycles. The molecule has 0 aliphatic carbocycles. The minimum atomic E-state index is 0.0685. The third-order valence-electron chi connectivity index (χ3n) is 4.33. The summed E-state index contributed by atoms with van der Waals surface area (Å²) in [7, 11) is 2.97. The Hall–Kier alpha value is -2.61. The van der Waals surface area contributed by atoms with Crippen molar-refractivity contribution in [2.45, 2.75) is 86.1 Å². The van der Waals surface area contributed by atoms with Gasteiger partial charge in [0, 0.05) is 24.9 Å². The molecule has 0 saturated heterocycles. The summed E-state index contributed by atoms with van der Waals surface area (Å²) < 4.78 is 0. The third-order valence-corrected chi connectivity index (χ3v) is 5.15. The number of nitriles is 1. The number of hydrogen-bond acceptors (Lipinski definition) is 9. The first-order valence-electron chi connectivity index (χ1n) is 12.7. The molecule has 2 aromatic heterocycles. The number of anilines is 2. The van der Waals surface area contributed by atoms with Crippen LogP contribution in [0.3, 0.4) is 0 Å². The zero-order valence-corrected chi connectivity index (χ0v) is 24.4. The molecule has 0 bridgehead atoms. The summed E-state index contributed by atoms with van der Waals surface area (Å²) in [6.07, 6.45) is 7.44. The third kappa shape index (κ3) is 16.9. The summed E-state index contributed by atoms with van der Waals surface area (Å²) in [5.41, 5.74) is 0.976. The van der Waals surface area contributed by atoms with Gasteiger partial charge in [-0.05, 0) is 46.2 Å². The fourth-order valence-electron chi connectivity index (χ4n) is 2.88. The van der Waals surface area contributed by atoms with Gasteiger partial charge in [-0.15, -0.1) is 0 Å². The summed E-state index contributed by atoms with van der Waals surface area (Å²) in [5.74, 6) is 1.05. The van der Waals surface area contributed by atoms with Gasteiger partial charge in [-0.2, -0.15) is 5.26 Å². The van der Waals surface area contributed by atoms with Crippen LogP contribution >= 0.6 is 11.3 Å². The van der Waals surface area contributed by atoms with Crippen LogP contribution < -0.4 is 10.6 Å². The highest BCUT2D eigenvalue weighted by molar-refractivity contribution is 7.16. The van der Waals surface area contributed by atoms with Crippen LogP contribution in [0.15, 0.2) is 18.6 Å². The number of amides is 1. The number of aromatic nitrogens is 3. The van der Waals surface area contributed by atoms with Crippen LogP contribution in [0.2, 0.25) is 0 Å². The Kier molecular flexibility index (Phi) is 22.5. The maximum Gasteiger partial charge on any atom is 0.234 e. The predicted octanol–water partition coefficient (Wildman–Crippen LogP) is 5.33. The Labute approximate surface area is 222 Å². The van der Waals surface area contributed by atoms with Gasteiger partial charge < -0.3 is 15.7 Å². The Morgan fingerprint density at radius 2 is 1.81 bits per heavy atom. The molecule has 2 rings (SSSR count). The van der Waals surface area contributed by atoms with Crippen LogP contribution in [0.25, 0.3) is 0 Å². The normalized spacial score (nSPS) is 10.5. The molecule has 204 valence electrons. The summed E-state index contributed by atoms with van der Waals surface area (Å²) in [4.78, 5) is 27.2. The first-order valence-corrected chi connectivity index (χ1v) is 13.5. The first-order chi connectivity index (χ1) is 17.3. The van der Waals surface area contributed by atoms with Crippen LogP contribution in [-0.2, 0) is 4.79 Å². The molecule has 1 unspecified atom stereocenters. The molecule has 0 fully saturated rings. The number of aliphatic hydroxyl groups excluding tert-OH is 1. The van der Waals surface area contributed by atoms with Crippen molar-refractivity contribution < 1.29 is 9.90 Å². The number of nitrogens with zero attached hydrogens (tertiary/aromatic N) is 5. The van der Waals surface area contributed by atoms with Crippen molar-refractivity contribution in [2.75, 3.05) is 32.6 Å². The molecule has 1 atom stereocenters. The zero-order chi connectivity index (χ0) is 27.9. The van der Waals surface area contributed by atoms with Crippen molar-refractivity contribution in [3.8, 4) is 6.07 Å². The van der Waals surface area contributed by atoms with Crippen LogP contribution in [-0.4, -0.2) is 64.2 Å². The fraction of sp³-hybridized carbons (Fsp3) is 0.654. The lowest BCUT2D eigenvalue weighted by Gasteiger charge is -2.18. The van der Waals surface area contributed by atoms with E-state index in [0.29, 0.717) is 28.3 Å². The van der Waals surface area contributed by atoms with E-state index >= 15 is 0 Å². The standard InChI is InChI=1S/C20H29N7OS.C3H8.C2H6.CH4O/c1-14(2)25-19(28)12-27(4)8-6-5-7-15(3)17-9-18(24-13-23-17)26-20-22-11-16(10-21)29-20;1-3-2;2*1-2/h9,11,13-15H,5-8,12H2,1-4H3,(H,25,28)(H,22,23,24,26);3H2,1-2H3;1-2H3;2H,1H3. The lowest BCUT2D eigenvalue weighted by Crippen LogP contribution is -2.38. The molecular formula is C26H47N7O2S. The fourth-order valence-corrected chi connectivity index (χ4v) is 3.50. The summed E-state index contributed by atoms with van der Waals surface area (Å²) >= 11 is 1.29. The molecule has 1 amide bonds. The Balaban J connectivity index is 0. The molecular weight excluding hydrogens is 474 g/mol. The lowest BCUT2D eigenvalue weighted by molar-refractivity contribution is -0.122. The molecule has 9 nitrogen and oxygen atoms in total. The number of carbonyl (C=O) groups is 1. The molecule has 0 aromatic carbocycles. The molecule has 10 heteroatoms. The van der Waals surface area contributed by atoms with Gasteiger partial charge in [-0.1, -0.05) is 58.8 Å². The minimum absolute atomic E-state index is 0.0685. The monoisotopic (exact) mass is 521 g/mol. The van der Waals surface area contributed by atoms with Crippen molar-refractivity contribution in [2.24, 2.45) is 0 Å². The van der Waals surface area contributed by atoms with Crippen LogP contribution in [0.1, 0.15) is 90.6 Å². The number of thiazole rings is 1. The maximum atomic E-state index is 11.8. The number of nitrogens with one attached hydrogen (secondary N) is 2. The average Bonchev–Trinajstić information content (AvgIpc) is 3.32. The second kappa shape index (κ2) is 22.8. The summed E-state index contributed by atoms with van der Waals surface area (Å²) in [5, 5.41) is 22.6. The highest BCUT2D eigenvalue weighted by atomic mass is 32.1. The molecule has 36 heavy (non-hydrogen) atoms. The molecule has 2 aromatic rings. The van der Waals surface area contributed by atoms with E-state index in [-0.39, 0.29) is 11.9 Å². The van der Waals surface area contributed by atoms with E-state index in [1.807, 2.05) is 40.8 Å². The van der Waals surface area contributed by atoms with E-state index in [9.17, 15) is 4.79 Å². The van der Waals surface area contributed by atoms with Gasteiger partial charge in [0.15, 0.2) is 5.13 Å². The number of unbranched alkanes of at least 4 members (excludes halogenated alkanes) is 1. The predicted molar refractivity (Wildman–Crippen MR) is 151 cm³/mol. The highest BCUT2D eigenvalue weighted by Crippen LogP contribution is 2.24. The van der Waals surface area contributed by atoms with Crippen LogP contribution in [0.5, 0.6) is 0 Å². The maximum absolute atomic E-state index is 11.8. The molecule has 0 aliphatic heterocycles. The molecule has 3 N–H and O–H groups in total. The smallest absolute Gasteiger partial charge is 0.234 e. The van der Waals surface area contributed by atoms with Crippen molar-refractivity contribution >= 4 is 28.2 Å². The SMILES string of the molecule is CC.CC(C)NC(=O)CN(C)CCCCC(C)c1cc(Nc2ncc(C#N)s2)ncn1.CCC.CO. The van der Waals surface area contributed by atoms with Crippen molar-refractivity contribution in [3.63, 3.8) is 0 Å². The number of likely N-dealkylation sites (N-methyl/N-ethyl adjacent to an activating group) is 1. The summed E-state index contributed by atoms with van der Waals surface area (Å²) in [6, 6.07) is 4.18. The lowest BCUT2D eigenvalue weighted by atomic mass is 10.00. The number of rotatable bonds is 11. The van der Waals surface area contributed by atoms with Gasteiger partial charge in [0.05, 0.1) is 12.7 Å². The molecule has 0 radical (unpaired) electrons. The van der Waals surface area contributed by atoms with Crippen molar-refractivity contribution in [1.29, 1.82) is 5.26 Å². The second-order valence-electron chi connectivity index (χ2n) is 8.16. The zero-order valence-electron chi connectivity index (χ0n) is 23.6. The molecule has 0 aliphatic rings. The van der Waals surface area contributed by atoms with Gasteiger partial charge >= 0.3 is 0 Å². The Morgan fingerprint density at radius 3 is 2.36 bits per heavy atom. The average molecular weight is 522 g/mol. The number of hydrogen-bond donors (Lipinski definition) is 3. The Bertz CT molecular complexity index is 853. The molecule has 2 heterocycles. The van der Waals surface area contributed by atoms with Crippen molar-refractivity contribution in [3.05, 3.63) is 29.2 Å². The summed E-state index contributed by atoms with van der Waals surface area (Å²) in [6.45, 7) is 15.7. The van der Waals surface area contributed by atoms with Gasteiger partial charge in [0.25, 0.3) is 0 Å². The van der Waals surface area contributed by atoms with E-state index in [1.165, 1.54) is 17.8 Å².